The number of methoxy groups -OCH3 is 1. The van der Waals surface area contributed by atoms with Crippen molar-refractivity contribution in [2.75, 3.05) is 12.4 Å². The second kappa shape index (κ2) is 8.89. The van der Waals surface area contributed by atoms with E-state index in [0.29, 0.717) is 34.7 Å². The van der Waals surface area contributed by atoms with E-state index in [1.165, 1.54) is 0 Å². The van der Waals surface area contributed by atoms with Gasteiger partial charge in [-0.05, 0) is 53.6 Å². The monoisotopic (exact) mass is 403 g/mol. The Hall–Kier alpha value is -2.56. The molecule has 0 spiro atoms. The topological polar surface area (TPSA) is 50.7 Å². The van der Waals surface area contributed by atoms with Crippen molar-refractivity contribution in [3.8, 4) is 17.2 Å². The average molecular weight is 404 g/mol. The highest BCUT2D eigenvalue weighted by Gasteiger charge is 2.11. The molecule has 0 saturated carbocycles. The summed E-state index contributed by atoms with van der Waals surface area (Å²) in [4.78, 5) is 0. The Bertz CT molecular complexity index is 897. The van der Waals surface area contributed by atoms with Crippen molar-refractivity contribution in [2.45, 2.75) is 13.2 Å². The predicted molar refractivity (Wildman–Crippen MR) is 109 cm³/mol. The third kappa shape index (κ3) is 5.22. The van der Waals surface area contributed by atoms with E-state index in [2.05, 4.69) is 5.32 Å². The van der Waals surface area contributed by atoms with E-state index >= 15 is 0 Å². The summed E-state index contributed by atoms with van der Waals surface area (Å²) in [5.74, 6) is 1.41. The van der Waals surface area contributed by atoms with Crippen LogP contribution in [-0.4, -0.2) is 12.2 Å². The number of hydrogen-bond donors (Lipinski definition) is 2. The Morgan fingerprint density at radius 2 is 1.63 bits per heavy atom. The smallest absolute Gasteiger partial charge is 0.163 e. The lowest BCUT2D eigenvalue weighted by atomic mass is 10.2. The molecule has 0 radical (unpaired) electrons. The Kier molecular flexibility index (Phi) is 6.32. The molecule has 0 bridgehead atoms. The van der Waals surface area contributed by atoms with Gasteiger partial charge in [-0.3, -0.25) is 0 Å². The molecule has 0 unspecified atom stereocenters. The first-order valence-corrected chi connectivity index (χ1v) is 9.07. The van der Waals surface area contributed by atoms with Crippen LogP contribution in [0, 0.1) is 0 Å². The molecule has 0 saturated heterocycles. The van der Waals surface area contributed by atoms with Gasteiger partial charge in [0.2, 0.25) is 0 Å². The maximum Gasteiger partial charge on any atom is 0.163 e. The number of hydrogen-bond acceptors (Lipinski definition) is 4. The number of phenols is 1. The van der Waals surface area contributed by atoms with Crippen molar-refractivity contribution in [3.05, 3.63) is 81.8 Å². The zero-order chi connectivity index (χ0) is 19.2. The van der Waals surface area contributed by atoms with Gasteiger partial charge in [0.1, 0.15) is 12.4 Å². The third-order valence-electron chi connectivity index (χ3n) is 3.99. The minimum atomic E-state index is 0.224. The first-order valence-electron chi connectivity index (χ1n) is 8.31. The van der Waals surface area contributed by atoms with Gasteiger partial charge in [0, 0.05) is 28.3 Å². The summed E-state index contributed by atoms with van der Waals surface area (Å²) >= 11 is 12.3. The molecule has 0 heterocycles. The molecule has 0 aliphatic carbocycles. The first kappa shape index (κ1) is 19.2. The van der Waals surface area contributed by atoms with Crippen LogP contribution in [0.15, 0.2) is 60.7 Å². The number of rotatable bonds is 7. The van der Waals surface area contributed by atoms with Crippen LogP contribution in [0.1, 0.15) is 11.1 Å². The lowest BCUT2D eigenvalue weighted by Gasteiger charge is -2.15. The van der Waals surface area contributed by atoms with Gasteiger partial charge in [-0.2, -0.15) is 0 Å². The van der Waals surface area contributed by atoms with Crippen LogP contribution < -0.4 is 14.8 Å². The van der Waals surface area contributed by atoms with Crippen LogP contribution in [-0.2, 0) is 13.2 Å². The summed E-state index contributed by atoms with van der Waals surface area (Å²) in [6.07, 6.45) is 0. The van der Waals surface area contributed by atoms with Gasteiger partial charge in [0.25, 0.3) is 0 Å². The van der Waals surface area contributed by atoms with Gasteiger partial charge in [-0.25, -0.2) is 0 Å². The van der Waals surface area contributed by atoms with Crippen molar-refractivity contribution < 1.29 is 14.6 Å². The molecule has 0 aliphatic heterocycles. The lowest BCUT2D eigenvalue weighted by Crippen LogP contribution is -2.03. The first-order chi connectivity index (χ1) is 13.0. The zero-order valence-corrected chi connectivity index (χ0v) is 16.2. The van der Waals surface area contributed by atoms with Gasteiger partial charge in [0.05, 0.1) is 7.11 Å². The van der Waals surface area contributed by atoms with E-state index in [1.807, 2.05) is 30.3 Å². The largest absolute Gasteiger partial charge is 0.508 e. The molecule has 0 aliphatic rings. The maximum absolute atomic E-state index is 9.35. The average Bonchev–Trinajstić information content (AvgIpc) is 2.68. The number of halogens is 2. The maximum atomic E-state index is 9.35. The second-order valence-electron chi connectivity index (χ2n) is 5.91. The van der Waals surface area contributed by atoms with Crippen molar-refractivity contribution in [1.29, 1.82) is 0 Å². The van der Waals surface area contributed by atoms with E-state index in [1.54, 1.807) is 37.4 Å². The molecular weight excluding hydrogens is 385 g/mol. The molecule has 2 N–H and O–H groups in total. The summed E-state index contributed by atoms with van der Waals surface area (Å²) in [5, 5.41) is 13.9. The summed E-state index contributed by atoms with van der Waals surface area (Å²) in [7, 11) is 1.59. The second-order valence-corrected chi connectivity index (χ2v) is 6.75. The molecule has 0 aromatic heterocycles. The summed E-state index contributed by atoms with van der Waals surface area (Å²) < 4.78 is 11.3. The standard InChI is InChI=1S/C21H19Cl2NO3/c1-26-20-10-15(12-24-17-6-8-18(25)9-7-17)19(23)11-21(20)27-13-14-2-4-16(22)5-3-14/h2-11,24-25H,12-13H2,1H3. The molecule has 3 aromatic carbocycles. The molecule has 27 heavy (non-hydrogen) atoms. The van der Waals surface area contributed by atoms with Crippen LogP contribution in [0.2, 0.25) is 10.0 Å². The highest BCUT2D eigenvalue weighted by molar-refractivity contribution is 6.31. The van der Waals surface area contributed by atoms with E-state index in [0.717, 1.165) is 16.8 Å². The van der Waals surface area contributed by atoms with Crippen LogP contribution >= 0.6 is 23.2 Å². The summed E-state index contributed by atoms with van der Waals surface area (Å²) in [5.41, 5.74) is 2.75. The molecule has 4 nitrogen and oxygen atoms in total. The van der Waals surface area contributed by atoms with Gasteiger partial charge in [0.15, 0.2) is 11.5 Å². The molecule has 140 valence electrons. The number of benzene rings is 3. The molecule has 0 fully saturated rings. The fourth-order valence-corrected chi connectivity index (χ4v) is 2.85. The number of phenolic OH excluding ortho intramolecular Hbond substituents is 1. The summed E-state index contributed by atoms with van der Waals surface area (Å²) in [6, 6.07) is 17.9. The Morgan fingerprint density at radius 3 is 2.30 bits per heavy atom. The van der Waals surface area contributed by atoms with Crippen molar-refractivity contribution in [2.24, 2.45) is 0 Å². The number of anilines is 1. The molecule has 3 rings (SSSR count). The van der Waals surface area contributed by atoms with Crippen LogP contribution in [0.25, 0.3) is 0 Å². The Balaban J connectivity index is 1.70. The van der Waals surface area contributed by atoms with Crippen LogP contribution in [0.5, 0.6) is 17.2 Å². The van der Waals surface area contributed by atoms with Crippen LogP contribution in [0.4, 0.5) is 5.69 Å². The van der Waals surface area contributed by atoms with E-state index in [-0.39, 0.29) is 5.75 Å². The van der Waals surface area contributed by atoms with Crippen molar-refractivity contribution in [1.82, 2.24) is 0 Å². The third-order valence-corrected chi connectivity index (χ3v) is 4.59. The lowest BCUT2D eigenvalue weighted by molar-refractivity contribution is 0.284. The number of nitrogens with one attached hydrogen (secondary N) is 1. The molecule has 6 heteroatoms. The van der Waals surface area contributed by atoms with Gasteiger partial charge >= 0.3 is 0 Å². The van der Waals surface area contributed by atoms with Gasteiger partial charge < -0.3 is 19.9 Å². The molecule has 0 amide bonds. The van der Waals surface area contributed by atoms with Gasteiger partial charge in [-0.15, -0.1) is 0 Å². The minimum absolute atomic E-state index is 0.224. The SMILES string of the molecule is COc1cc(CNc2ccc(O)cc2)c(Cl)cc1OCc1ccc(Cl)cc1. The molecular formula is C21H19Cl2NO3. The fourth-order valence-electron chi connectivity index (χ4n) is 2.50. The number of aromatic hydroxyl groups is 1. The number of ether oxygens (including phenoxy) is 2. The predicted octanol–water partition coefficient (Wildman–Crippen LogP) is 5.90. The minimum Gasteiger partial charge on any atom is -0.508 e. The Morgan fingerprint density at radius 1 is 0.926 bits per heavy atom. The fraction of sp³-hybridized carbons (Fsp3) is 0.143. The van der Waals surface area contributed by atoms with Crippen molar-refractivity contribution >= 4 is 28.9 Å². The molecule has 3 aromatic rings. The van der Waals surface area contributed by atoms with Gasteiger partial charge in [-0.1, -0.05) is 35.3 Å². The highest BCUT2D eigenvalue weighted by Crippen LogP contribution is 2.34. The highest BCUT2D eigenvalue weighted by atomic mass is 35.5. The van der Waals surface area contributed by atoms with E-state index < -0.39 is 0 Å². The van der Waals surface area contributed by atoms with Crippen molar-refractivity contribution in [3.63, 3.8) is 0 Å². The van der Waals surface area contributed by atoms with Crippen LogP contribution in [0.3, 0.4) is 0 Å². The quantitative estimate of drug-likeness (QED) is 0.482. The normalized spacial score (nSPS) is 10.5. The zero-order valence-electron chi connectivity index (χ0n) is 14.7. The van der Waals surface area contributed by atoms with E-state index in [4.69, 9.17) is 32.7 Å². The van der Waals surface area contributed by atoms with E-state index in [9.17, 15) is 5.11 Å². The Labute approximate surface area is 168 Å². The summed E-state index contributed by atoms with van der Waals surface area (Å²) in [6.45, 7) is 0.895. The molecule has 0 atom stereocenters.